The van der Waals surface area contributed by atoms with Gasteiger partial charge in [-0.1, -0.05) is 6.92 Å². The highest BCUT2D eigenvalue weighted by Crippen LogP contribution is 2.18. The van der Waals surface area contributed by atoms with Crippen molar-refractivity contribution in [2.75, 3.05) is 10.5 Å². The summed E-state index contributed by atoms with van der Waals surface area (Å²) in [5.74, 6) is 0.398. The maximum Gasteiger partial charge on any atom is 0.263 e. The lowest BCUT2D eigenvalue weighted by Crippen LogP contribution is -2.14. The number of aromatic nitrogens is 2. The molecule has 0 aliphatic carbocycles. The Kier molecular flexibility index (Phi) is 3.24. The molecule has 0 amide bonds. The topological polar surface area (TPSA) is 101 Å². The Morgan fingerprint density at radius 3 is 2.61 bits per heavy atom. The van der Waals surface area contributed by atoms with Gasteiger partial charge in [0, 0.05) is 11.3 Å². The normalized spacial score (nSPS) is 11.4. The molecule has 2 aromatic rings. The summed E-state index contributed by atoms with van der Waals surface area (Å²) in [5.41, 5.74) is 6.85. The van der Waals surface area contributed by atoms with Crippen LogP contribution in [0.4, 0.5) is 11.5 Å². The van der Waals surface area contributed by atoms with Gasteiger partial charge in [0.1, 0.15) is 5.82 Å². The van der Waals surface area contributed by atoms with Crippen molar-refractivity contribution >= 4 is 21.5 Å². The summed E-state index contributed by atoms with van der Waals surface area (Å²) in [7, 11) is -3.61. The molecule has 0 radical (unpaired) electrons. The first kappa shape index (κ1) is 12.4. The monoisotopic (exact) mass is 266 g/mol. The van der Waals surface area contributed by atoms with Gasteiger partial charge in [0.15, 0.2) is 0 Å². The molecule has 0 bridgehead atoms. The Morgan fingerprint density at radius 1 is 1.33 bits per heavy atom. The molecular weight excluding hydrogens is 252 g/mol. The van der Waals surface area contributed by atoms with Crippen molar-refractivity contribution in [1.29, 1.82) is 0 Å². The second-order valence-corrected chi connectivity index (χ2v) is 5.48. The standard InChI is InChI=1S/C11H14N4O2S/c1-2-8-7-13-14-11(8)15-18(16,17)10-5-3-9(12)4-6-10/h3-7H,2,12H2,1H3,(H2,13,14,15). The average Bonchev–Trinajstić information content (AvgIpc) is 2.76. The predicted octanol–water partition coefficient (Wildman–Crippen LogP) is 1.36. The van der Waals surface area contributed by atoms with E-state index in [1.54, 1.807) is 18.3 Å². The van der Waals surface area contributed by atoms with Gasteiger partial charge >= 0.3 is 0 Å². The summed E-state index contributed by atoms with van der Waals surface area (Å²) >= 11 is 0. The second-order valence-electron chi connectivity index (χ2n) is 3.80. The molecule has 0 saturated heterocycles. The van der Waals surface area contributed by atoms with Crippen molar-refractivity contribution < 1.29 is 8.42 Å². The Labute approximate surface area is 105 Å². The molecule has 0 aliphatic heterocycles. The number of sulfonamides is 1. The Hall–Kier alpha value is -2.02. The SMILES string of the molecule is CCc1cn[nH]c1NS(=O)(=O)c1ccc(N)cc1. The largest absolute Gasteiger partial charge is 0.399 e. The van der Waals surface area contributed by atoms with Gasteiger partial charge in [-0.2, -0.15) is 5.10 Å². The smallest absolute Gasteiger partial charge is 0.263 e. The minimum absolute atomic E-state index is 0.161. The minimum Gasteiger partial charge on any atom is -0.399 e. The molecule has 4 N–H and O–H groups in total. The molecule has 1 aromatic heterocycles. The van der Waals surface area contributed by atoms with E-state index in [-0.39, 0.29) is 4.90 Å². The van der Waals surface area contributed by atoms with E-state index >= 15 is 0 Å². The van der Waals surface area contributed by atoms with E-state index in [1.807, 2.05) is 6.92 Å². The minimum atomic E-state index is -3.61. The van der Waals surface area contributed by atoms with Crippen LogP contribution in [0, 0.1) is 0 Å². The highest BCUT2D eigenvalue weighted by molar-refractivity contribution is 7.92. The first-order valence-electron chi connectivity index (χ1n) is 5.43. The van der Waals surface area contributed by atoms with Gasteiger partial charge in [0.2, 0.25) is 0 Å². The van der Waals surface area contributed by atoms with Crippen LogP contribution < -0.4 is 10.5 Å². The Bertz CT molecular complexity index is 631. The van der Waals surface area contributed by atoms with E-state index in [9.17, 15) is 8.42 Å². The summed E-state index contributed by atoms with van der Waals surface area (Å²) in [6.07, 6.45) is 2.29. The fourth-order valence-corrected chi connectivity index (χ4v) is 2.57. The van der Waals surface area contributed by atoms with E-state index in [0.29, 0.717) is 17.9 Å². The number of benzene rings is 1. The van der Waals surface area contributed by atoms with Crippen molar-refractivity contribution in [3.05, 3.63) is 36.0 Å². The van der Waals surface area contributed by atoms with Crippen LogP contribution in [0.2, 0.25) is 0 Å². The second kappa shape index (κ2) is 4.69. The summed E-state index contributed by atoms with van der Waals surface area (Å²) < 4.78 is 26.6. The van der Waals surface area contributed by atoms with Crippen molar-refractivity contribution in [2.24, 2.45) is 0 Å². The molecule has 0 unspecified atom stereocenters. The number of nitrogens with zero attached hydrogens (tertiary/aromatic N) is 1. The molecule has 0 atom stereocenters. The summed E-state index contributed by atoms with van der Waals surface area (Å²) in [5, 5.41) is 6.44. The van der Waals surface area contributed by atoms with Gasteiger partial charge in [-0.3, -0.25) is 9.82 Å². The van der Waals surface area contributed by atoms with Crippen LogP contribution in [0.3, 0.4) is 0 Å². The molecule has 0 spiro atoms. The molecule has 96 valence electrons. The maximum absolute atomic E-state index is 12.1. The quantitative estimate of drug-likeness (QED) is 0.727. The third kappa shape index (κ3) is 2.45. The predicted molar refractivity (Wildman–Crippen MR) is 69.6 cm³/mol. The fourth-order valence-electron chi connectivity index (χ4n) is 1.51. The zero-order valence-electron chi connectivity index (χ0n) is 9.84. The first-order valence-corrected chi connectivity index (χ1v) is 6.92. The molecule has 0 fully saturated rings. The highest BCUT2D eigenvalue weighted by atomic mass is 32.2. The van der Waals surface area contributed by atoms with Crippen molar-refractivity contribution in [3.8, 4) is 0 Å². The van der Waals surface area contributed by atoms with Crippen LogP contribution in [-0.2, 0) is 16.4 Å². The number of nitrogens with two attached hydrogens (primary N) is 1. The van der Waals surface area contributed by atoms with Gasteiger partial charge < -0.3 is 5.73 Å². The zero-order chi connectivity index (χ0) is 13.2. The van der Waals surface area contributed by atoms with Gasteiger partial charge in [0.05, 0.1) is 11.1 Å². The number of aromatic amines is 1. The number of hydrogen-bond acceptors (Lipinski definition) is 4. The van der Waals surface area contributed by atoms with Crippen LogP contribution in [-0.4, -0.2) is 18.6 Å². The average molecular weight is 266 g/mol. The molecule has 18 heavy (non-hydrogen) atoms. The van der Waals surface area contributed by atoms with Crippen molar-refractivity contribution in [1.82, 2.24) is 10.2 Å². The lowest BCUT2D eigenvalue weighted by atomic mass is 10.3. The summed E-state index contributed by atoms with van der Waals surface area (Å²) in [6, 6.07) is 6.00. The number of hydrogen-bond donors (Lipinski definition) is 3. The van der Waals surface area contributed by atoms with Crippen molar-refractivity contribution in [2.45, 2.75) is 18.2 Å². The van der Waals surface area contributed by atoms with Gasteiger partial charge in [-0.15, -0.1) is 0 Å². The van der Waals surface area contributed by atoms with Crippen LogP contribution in [0.15, 0.2) is 35.4 Å². The number of nitrogen functional groups attached to an aromatic ring is 1. The molecule has 1 aromatic carbocycles. The maximum atomic E-state index is 12.1. The molecule has 6 nitrogen and oxygen atoms in total. The van der Waals surface area contributed by atoms with Crippen LogP contribution in [0.25, 0.3) is 0 Å². The van der Waals surface area contributed by atoms with Gasteiger partial charge in [0.25, 0.3) is 10.0 Å². The Balaban J connectivity index is 2.30. The molecule has 0 aliphatic rings. The zero-order valence-corrected chi connectivity index (χ0v) is 10.7. The lowest BCUT2D eigenvalue weighted by molar-refractivity contribution is 0.601. The van der Waals surface area contributed by atoms with E-state index in [0.717, 1.165) is 5.56 Å². The number of aryl methyl sites for hydroxylation is 1. The molecule has 7 heteroatoms. The van der Waals surface area contributed by atoms with E-state index < -0.39 is 10.0 Å². The Morgan fingerprint density at radius 2 is 2.00 bits per heavy atom. The first-order chi connectivity index (χ1) is 8.53. The van der Waals surface area contributed by atoms with Crippen LogP contribution >= 0.6 is 0 Å². The van der Waals surface area contributed by atoms with Gasteiger partial charge in [-0.25, -0.2) is 8.42 Å². The third-order valence-corrected chi connectivity index (χ3v) is 3.89. The molecular formula is C11H14N4O2S. The third-order valence-electron chi connectivity index (χ3n) is 2.53. The molecule has 2 rings (SSSR count). The summed E-state index contributed by atoms with van der Waals surface area (Å²) in [4.78, 5) is 0.161. The van der Waals surface area contributed by atoms with E-state index in [4.69, 9.17) is 5.73 Å². The van der Waals surface area contributed by atoms with Gasteiger partial charge in [-0.05, 0) is 30.7 Å². The summed E-state index contributed by atoms with van der Waals surface area (Å²) in [6.45, 7) is 1.92. The number of nitrogens with one attached hydrogen (secondary N) is 2. The van der Waals surface area contributed by atoms with E-state index in [2.05, 4.69) is 14.9 Å². The number of anilines is 2. The van der Waals surface area contributed by atoms with Crippen molar-refractivity contribution in [3.63, 3.8) is 0 Å². The fraction of sp³-hybridized carbons (Fsp3) is 0.182. The lowest BCUT2D eigenvalue weighted by Gasteiger charge is -2.07. The number of H-pyrrole nitrogens is 1. The van der Waals surface area contributed by atoms with E-state index in [1.165, 1.54) is 12.1 Å². The molecule has 0 saturated carbocycles. The highest BCUT2D eigenvalue weighted by Gasteiger charge is 2.16. The number of rotatable bonds is 4. The van der Waals surface area contributed by atoms with Crippen LogP contribution in [0.5, 0.6) is 0 Å². The van der Waals surface area contributed by atoms with Crippen LogP contribution in [0.1, 0.15) is 12.5 Å². The molecule has 1 heterocycles.